The summed E-state index contributed by atoms with van der Waals surface area (Å²) in [4.78, 5) is 2.55. The third kappa shape index (κ3) is 19.9. The maximum absolute atomic E-state index is 2.55. The molecule has 1 heterocycles. The van der Waals surface area contributed by atoms with E-state index in [1.165, 1.54) is 150 Å². The van der Waals surface area contributed by atoms with E-state index in [0.29, 0.717) is 0 Å². The van der Waals surface area contributed by atoms with Gasteiger partial charge in [0.1, 0.15) is 6.54 Å². The average molecular weight is 640 g/mol. The molecule has 2 nitrogen and oxygen atoms in total. The zero-order valence-electron chi connectivity index (χ0n) is 29.0. The Balaban J connectivity index is 1.47. The van der Waals surface area contributed by atoms with Gasteiger partial charge in [-0.3, -0.25) is 0 Å². The summed E-state index contributed by atoms with van der Waals surface area (Å²) in [6, 6.07) is 13.6. The van der Waals surface area contributed by atoms with Crippen molar-refractivity contribution in [3.05, 3.63) is 59.9 Å². The summed E-state index contributed by atoms with van der Waals surface area (Å²) in [5, 5.41) is 0. The molecule has 0 bridgehead atoms. The summed E-state index contributed by atoms with van der Waals surface area (Å²) >= 11 is 0. The zero-order chi connectivity index (χ0) is 31.3. The molecule has 1 aromatic carbocycles. The Bertz CT molecular complexity index is 917. The molecule has 0 saturated carbocycles. The van der Waals surface area contributed by atoms with Crippen molar-refractivity contribution in [1.29, 1.82) is 0 Å². The number of benzene rings is 1. The van der Waals surface area contributed by atoms with Crippen LogP contribution in [0.2, 0.25) is 0 Å². The topological polar surface area (TPSA) is 7.12 Å². The molecule has 2 rings (SSSR count). The molecule has 2 aromatic rings. The first-order chi connectivity index (χ1) is 21.8. The Morgan fingerprint density at radius 1 is 0.500 bits per heavy atom. The van der Waals surface area contributed by atoms with Gasteiger partial charge in [0.15, 0.2) is 12.4 Å². The minimum absolute atomic E-state index is 1.13. The van der Waals surface area contributed by atoms with Gasteiger partial charge in [-0.1, -0.05) is 150 Å². The molecule has 0 aliphatic heterocycles. The fourth-order valence-corrected chi connectivity index (χ4v) is 7.83. The zero-order valence-corrected chi connectivity index (χ0v) is 30.6. The Hall–Kier alpha value is -1.39. The van der Waals surface area contributed by atoms with Crippen LogP contribution >= 0.6 is 21.6 Å². The van der Waals surface area contributed by atoms with Crippen LogP contribution in [0.1, 0.15) is 154 Å². The normalized spacial score (nSPS) is 11.5. The lowest BCUT2D eigenvalue weighted by Crippen LogP contribution is -2.32. The molecular formula is C40H67N2S2+. The van der Waals surface area contributed by atoms with E-state index in [-0.39, 0.29) is 0 Å². The molecule has 0 fully saturated rings. The van der Waals surface area contributed by atoms with Crippen molar-refractivity contribution in [1.82, 2.24) is 0 Å². The number of aromatic nitrogens is 1. The van der Waals surface area contributed by atoms with E-state index in [9.17, 15) is 0 Å². The van der Waals surface area contributed by atoms with Crippen LogP contribution in [0.3, 0.4) is 0 Å². The van der Waals surface area contributed by atoms with Crippen LogP contribution < -0.4 is 9.47 Å². The second kappa shape index (κ2) is 27.9. The monoisotopic (exact) mass is 639 g/mol. The van der Waals surface area contributed by atoms with Gasteiger partial charge >= 0.3 is 0 Å². The van der Waals surface area contributed by atoms with Crippen molar-refractivity contribution in [3.63, 3.8) is 0 Å². The Kier molecular flexibility index (Phi) is 24.6. The van der Waals surface area contributed by atoms with Gasteiger partial charge in [-0.2, -0.15) is 0 Å². The number of unbranched alkanes of at least 4 members (excludes halogenated alkanes) is 15. The summed E-state index contributed by atoms with van der Waals surface area (Å²) < 4.78 is 2.35. The van der Waals surface area contributed by atoms with E-state index in [4.69, 9.17) is 0 Å². The predicted octanol–water partition coefficient (Wildman–Crippen LogP) is 12.8. The smallest absolute Gasteiger partial charge is 0.169 e. The van der Waals surface area contributed by atoms with E-state index in [2.05, 4.69) is 113 Å². The van der Waals surface area contributed by atoms with Gasteiger partial charge in [-0.25, -0.2) is 4.57 Å². The van der Waals surface area contributed by atoms with E-state index >= 15 is 0 Å². The van der Waals surface area contributed by atoms with Crippen LogP contribution in [0.4, 0.5) is 5.69 Å². The van der Waals surface area contributed by atoms with Crippen molar-refractivity contribution in [3.8, 4) is 0 Å². The number of pyridine rings is 1. The SMILES string of the molecule is CCCCCCSSCCCCCCCCCCCCC[n+]1ccc(/C=C/c2ccc(N(CCCC)CCCC)cc2)cc1. The number of anilines is 1. The molecule has 0 atom stereocenters. The molecular weight excluding hydrogens is 573 g/mol. The quantitative estimate of drug-likeness (QED) is 0.0497. The molecule has 0 spiro atoms. The second-order valence-electron chi connectivity index (χ2n) is 12.6. The van der Waals surface area contributed by atoms with Gasteiger partial charge in [0.05, 0.1) is 0 Å². The highest BCUT2D eigenvalue weighted by Gasteiger charge is 2.05. The van der Waals surface area contributed by atoms with Gasteiger partial charge in [0.2, 0.25) is 0 Å². The van der Waals surface area contributed by atoms with Crippen molar-refractivity contribution < 1.29 is 4.57 Å². The highest BCUT2D eigenvalue weighted by molar-refractivity contribution is 8.76. The number of aryl methyl sites for hydroxylation is 1. The third-order valence-corrected chi connectivity index (χ3v) is 11.1. The second-order valence-corrected chi connectivity index (χ2v) is 15.3. The van der Waals surface area contributed by atoms with E-state index < -0.39 is 0 Å². The molecule has 1 aromatic heterocycles. The van der Waals surface area contributed by atoms with Crippen molar-refractivity contribution in [2.75, 3.05) is 29.5 Å². The largest absolute Gasteiger partial charge is 0.372 e. The van der Waals surface area contributed by atoms with Crippen LogP contribution in [-0.2, 0) is 6.54 Å². The molecule has 0 unspecified atom stereocenters. The summed E-state index contributed by atoms with van der Waals surface area (Å²) in [5.41, 5.74) is 3.89. The number of hydrogen-bond acceptors (Lipinski definition) is 3. The third-order valence-electron chi connectivity index (χ3n) is 8.52. The van der Waals surface area contributed by atoms with Gasteiger partial charge in [-0.15, -0.1) is 0 Å². The fraction of sp³-hybridized carbons (Fsp3) is 0.675. The van der Waals surface area contributed by atoms with E-state index in [0.717, 1.165) is 19.6 Å². The van der Waals surface area contributed by atoms with Gasteiger partial charge < -0.3 is 4.90 Å². The Morgan fingerprint density at radius 3 is 1.43 bits per heavy atom. The Morgan fingerprint density at radius 2 is 0.932 bits per heavy atom. The average Bonchev–Trinajstić information content (AvgIpc) is 3.06. The molecule has 248 valence electrons. The van der Waals surface area contributed by atoms with E-state index in [1.807, 2.05) is 0 Å². The predicted molar refractivity (Wildman–Crippen MR) is 204 cm³/mol. The molecule has 0 aliphatic rings. The highest BCUT2D eigenvalue weighted by atomic mass is 33.1. The number of hydrogen-bond donors (Lipinski definition) is 0. The molecule has 0 saturated heterocycles. The first-order valence-corrected chi connectivity index (χ1v) is 21.0. The van der Waals surface area contributed by atoms with Crippen LogP contribution in [-0.4, -0.2) is 24.6 Å². The standard InChI is InChI=1S/C40H67N2S2/c1-4-7-10-21-36-43-44-37-22-19-17-15-13-11-12-14-16-18-20-31-41-34-29-39(30-35-41)24-23-38-25-27-40(28-26-38)42(32-8-5-2)33-9-6-3/h23-30,34-35H,4-22,31-33,36-37H2,1-3H3/q+1. The molecule has 0 amide bonds. The molecule has 0 radical (unpaired) electrons. The lowest BCUT2D eigenvalue weighted by molar-refractivity contribution is -0.697. The number of nitrogens with zero attached hydrogens (tertiary/aromatic N) is 2. The van der Waals surface area contributed by atoms with Crippen molar-refractivity contribution in [2.24, 2.45) is 0 Å². The fourth-order valence-electron chi connectivity index (χ4n) is 5.54. The first kappa shape index (κ1) is 38.8. The van der Waals surface area contributed by atoms with Crippen LogP contribution in [0.5, 0.6) is 0 Å². The highest BCUT2D eigenvalue weighted by Crippen LogP contribution is 2.25. The summed E-state index contributed by atoms with van der Waals surface area (Å²) in [6.45, 7) is 10.3. The lowest BCUT2D eigenvalue weighted by Gasteiger charge is -2.24. The molecule has 0 N–H and O–H groups in total. The van der Waals surface area contributed by atoms with Crippen molar-refractivity contribution in [2.45, 2.75) is 149 Å². The molecule has 44 heavy (non-hydrogen) atoms. The Labute approximate surface area is 281 Å². The van der Waals surface area contributed by atoms with Gasteiger partial charge in [0.25, 0.3) is 0 Å². The van der Waals surface area contributed by atoms with Crippen LogP contribution in [0.15, 0.2) is 48.8 Å². The van der Waals surface area contributed by atoms with Gasteiger partial charge in [0, 0.05) is 48.8 Å². The maximum Gasteiger partial charge on any atom is 0.169 e. The summed E-state index contributed by atoms with van der Waals surface area (Å²) in [7, 11) is 4.21. The minimum Gasteiger partial charge on any atom is -0.372 e. The van der Waals surface area contributed by atoms with Crippen LogP contribution in [0.25, 0.3) is 12.2 Å². The van der Waals surface area contributed by atoms with Crippen molar-refractivity contribution >= 4 is 39.4 Å². The number of rotatable bonds is 29. The van der Waals surface area contributed by atoms with Gasteiger partial charge in [-0.05, 0) is 55.4 Å². The maximum atomic E-state index is 2.55. The first-order valence-electron chi connectivity index (χ1n) is 18.5. The summed E-state index contributed by atoms with van der Waals surface area (Å²) in [6.07, 6.45) is 35.1. The minimum atomic E-state index is 1.13. The van der Waals surface area contributed by atoms with E-state index in [1.54, 1.807) is 0 Å². The molecule has 4 heteroatoms. The molecule has 0 aliphatic carbocycles. The van der Waals surface area contributed by atoms with Crippen LogP contribution in [0, 0.1) is 0 Å². The lowest BCUT2D eigenvalue weighted by atomic mass is 10.1. The summed E-state index contributed by atoms with van der Waals surface area (Å²) in [5.74, 6) is 2.70.